The summed E-state index contributed by atoms with van der Waals surface area (Å²) >= 11 is 3.28. The number of nitrogens with one attached hydrogen (secondary N) is 1. The van der Waals surface area contributed by atoms with Gasteiger partial charge in [0, 0.05) is 17.6 Å². The zero-order valence-corrected chi connectivity index (χ0v) is 13.8. The first-order valence-corrected chi connectivity index (χ1v) is 8.48. The summed E-state index contributed by atoms with van der Waals surface area (Å²) in [5.41, 5.74) is 1.01. The molecule has 0 saturated heterocycles. The molecule has 0 bridgehead atoms. The fourth-order valence-electron chi connectivity index (χ4n) is 1.50. The Labute approximate surface area is 123 Å². The van der Waals surface area contributed by atoms with Gasteiger partial charge in [-0.1, -0.05) is 6.07 Å². The average Bonchev–Trinajstić information content (AvgIpc) is 2.27. The van der Waals surface area contributed by atoms with E-state index in [-0.39, 0.29) is 11.0 Å². The second-order valence-electron chi connectivity index (χ2n) is 4.60. The van der Waals surface area contributed by atoms with Crippen LogP contribution >= 0.6 is 15.9 Å². The van der Waals surface area contributed by atoms with Crippen molar-refractivity contribution in [3.8, 4) is 0 Å². The van der Waals surface area contributed by atoms with Gasteiger partial charge in [-0.2, -0.15) is 0 Å². The lowest BCUT2D eigenvalue weighted by molar-refractivity contribution is 0.0778. The third kappa shape index (κ3) is 5.60. The van der Waals surface area contributed by atoms with Crippen molar-refractivity contribution < 1.29 is 13.2 Å². The van der Waals surface area contributed by atoms with Crippen LogP contribution in [0.15, 0.2) is 27.6 Å². The fourth-order valence-corrected chi connectivity index (χ4v) is 3.76. The predicted octanol–water partition coefficient (Wildman–Crippen LogP) is 2.85. The lowest BCUT2D eigenvalue weighted by Gasteiger charge is -2.10. The molecule has 0 aromatic heterocycles. The van der Waals surface area contributed by atoms with Crippen LogP contribution in [-0.4, -0.2) is 27.7 Å². The summed E-state index contributed by atoms with van der Waals surface area (Å²) in [6, 6.07) is 5.17. The zero-order valence-electron chi connectivity index (χ0n) is 11.4. The normalized spacial score (nSPS) is 12.1. The molecule has 0 aliphatic rings. The SMILES string of the molecule is Cc1ccc(S(=O)(=O)NCCCOC(C)C)c(Br)c1. The summed E-state index contributed by atoms with van der Waals surface area (Å²) in [7, 11) is -3.46. The van der Waals surface area contributed by atoms with E-state index in [2.05, 4.69) is 20.7 Å². The highest BCUT2D eigenvalue weighted by Crippen LogP contribution is 2.22. The third-order valence-corrected chi connectivity index (χ3v) is 4.88. The van der Waals surface area contributed by atoms with Gasteiger partial charge < -0.3 is 4.74 Å². The smallest absolute Gasteiger partial charge is 0.241 e. The molecule has 1 rings (SSSR count). The second kappa shape index (κ2) is 7.38. The zero-order chi connectivity index (χ0) is 14.5. The van der Waals surface area contributed by atoms with Crippen LogP contribution in [0.5, 0.6) is 0 Å². The Morgan fingerprint density at radius 1 is 1.37 bits per heavy atom. The summed E-state index contributed by atoms with van der Waals surface area (Å²) in [6.45, 7) is 6.74. The molecule has 1 aromatic carbocycles. The molecule has 0 radical (unpaired) electrons. The van der Waals surface area contributed by atoms with Gasteiger partial charge in [0.25, 0.3) is 0 Å². The quantitative estimate of drug-likeness (QED) is 0.770. The van der Waals surface area contributed by atoms with Crippen LogP contribution in [0.4, 0.5) is 0 Å². The van der Waals surface area contributed by atoms with Crippen molar-refractivity contribution >= 4 is 26.0 Å². The molecule has 4 nitrogen and oxygen atoms in total. The molecular formula is C13H20BrNO3S. The van der Waals surface area contributed by atoms with Crippen LogP contribution in [-0.2, 0) is 14.8 Å². The van der Waals surface area contributed by atoms with Gasteiger partial charge in [-0.05, 0) is 60.8 Å². The van der Waals surface area contributed by atoms with Crippen LogP contribution in [0.2, 0.25) is 0 Å². The Kier molecular flexibility index (Phi) is 6.46. The molecule has 0 fully saturated rings. The molecule has 0 amide bonds. The van der Waals surface area contributed by atoms with Gasteiger partial charge >= 0.3 is 0 Å². The third-order valence-electron chi connectivity index (χ3n) is 2.44. The van der Waals surface area contributed by atoms with Crippen LogP contribution in [0.3, 0.4) is 0 Å². The van der Waals surface area contributed by atoms with Gasteiger partial charge in [0.15, 0.2) is 0 Å². The van der Waals surface area contributed by atoms with Gasteiger partial charge in [-0.15, -0.1) is 0 Å². The van der Waals surface area contributed by atoms with Crippen LogP contribution in [0.25, 0.3) is 0 Å². The standard InChI is InChI=1S/C13H20BrNO3S/c1-10(2)18-8-4-7-15-19(16,17)13-6-5-11(3)9-12(13)14/h5-6,9-10,15H,4,7-8H2,1-3H3. The molecule has 0 aliphatic heterocycles. The number of hydrogen-bond donors (Lipinski definition) is 1. The van der Waals surface area contributed by atoms with Crippen molar-refractivity contribution in [2.45, 2.75) is 38.2 Å². The number of benzene rings is 1. The van der Waals surface area contributed by atoms with E-state index in [9.17, 15) is 8.42 Å². The monoisotopic (exact) mass is 349 g/mol. The topological polar surface area (TPSA) is 55.4 Å². The van der Waals surface area contributed by atoms with Crippen molar-refractivity contribution in [1.82, 2.24) is 4.72 Å². The van der Waals surface area contributed by atoms with Gasteiger partial charge in [0.1, 0.15) is 0 Å². The minimum absolute atomic E-state index is 0.169. The molecule has 0 spiro atoms. The van der Waals surface area contributed by atoms with E-state index < -0.39 is 10.0 Å². The highest BCUT2D eigenvalue weighted by molar-refractivity contribution is 9.10. The highest BCUT2D eigenvalue weighted by atomic mass is 79.9. The summed E-state index contributed by atoms with van der Waals surface area (Å²) in [5, 5.41) is 0. The Balaban J connectivity index is 2.56. The lowest BCUT2D eigenvalue weighted by Crippen LogP contribution is -2.26. The Morgan fingerprint density at radius 3 is 2.63 bits per heavy atom. The van der Waals surface area contributed by atoms with Crippen LogP contribution in [0.1, 0.15) is 25.8 Å². The summed E-state index contributed by atoms with van der Waals surface area (Å²) in [4.78, 5) is 0.267. The fraction of sp³-hybridized carbons (Fsp3) is 0.538. The maximum absolute atomic E-state index is 12.1. The molecule has 0 unspecified atom stereocenters. The molecule has 19 heavy (non-hydrogen) atoms. The van der Waals surface area contributed by atoms with Crippen LogP contribution in [0, 0.1) is 6.92 Å². The Hall–Kier alpha value is -0.430. The van der Waals surface area contributed by atoms with Crippen molar-refractivity contribution in [1.29, 1.82) is 0 Å². The predicted molar refractivity (Wildman–Crippen MR) is 79.8 cm³/mol. The largest absolute Gasteiger partial charge is 0.379 e. The van der Waals surface area contributed by atoms with Crippen molar-refractivity contribution in [2.24, 2.45) is 0 Å². The van der Waals surface area contributed by atoms with E-state index in [0.717, 1.165) is 5.56 Å². The molecule has 6 heteroatoms. The molecule has 0 heterocycles. The van der Waals surface area contributed by atoms with Crippen molar-refractivity contribution in [3.63, 3.8) is 0 Å². The first kappa shape index (κ1) is 16.6. The first-order chi connectivity index (χ1) is 8.83. The van der Waals surface area contributed by atoms with E-state index in [1.54, 1.807) is 18.2 Å². The van der Waals surface area contributed by atoms with Gasteiger partial charge in [-0.3, -0.25) is 0 Å². The van der Waals surface area contributed by atoms with Crippen molar-refractivity contribution in [3.05, 3.63) is 28.2 Å². The maximum atomic E-state index is 12.1. The van der Waals surface area contributed by atoms with Crippen LogP contribution < -0.4 is 4.72 Å². The molecular weight excluding hydrogens is 330 g/mol. The van der Waals surface area contributed by atoms with E-state index in [4.69, 9.17) is 4.74 Å². The summed E-state index contributed by atoms with van der Waals surface area (Å²) in [6.07, 6.45) is 0.823. The minimum Gasteiger partial charge on any atom is -0.379 e. The molecule has 0 atom stereocenters. The molecule has 108 valence electrons. The van der Waals surface area contributed by atoms with E-state index in [1.165, 1.54) is 0 Å². The van der Waals surface area contributed by atoms with E-state index in [0.29, 0.717) is 24.0 Å². The maximum Gasteiger partial charge on any atom is 0.241 e. The number of hydrogen-bond acceptors (Lipinski definition) is 3. The van der Waals surface area contributed by atoms with Gasteiger partial charge in [0.05, 0.1) is 11.0 Å². The van der Waals surface area contributed by atoms with Gasteiger partial charge in [-0.25, -0.2) is 13.1 Å². The second-order valence-corrected chi connectivity index (χ2v) is 7.19. The number of sulfonamides is 1. The average molecular weight is 350 g/mol. The molecule has 1 aromatic rings. The van der Waals surface area contributed by atoms with Crippen molar-refractivity contribution in [2.75, 3.05) is 13.2 Å². The summed E-state index contributed by atoms with van der Waals surface area (Å²) in [5.74, 6) is 0. The van der Waals surface area contributed by atoms with Gasteiger partial charge in [0.2, 0.25) is 10.0 Å². The Morgan fingerprint density at radius 2 is 2.05 bits per heavy atom. The summed E-state index contributed by atoms with van der Waals surface area (Å²) < 4.78 is 32.7. The lowest BCUT2D eigenvalue weighted by atomic mass is 10.2. The van der Waals surface area contributed by atoms with E-state index >= 15 is 0 Å². The molecule has 1 N–H and O–H groups in total. The first-order valence-electron chi connectivity index (χ1n) is 6.20. The molecule has 0 saturated carbocycles. The van der Waals surface area contributed by atoms with E-state index in [1.807, 2.05) is 20.8 Å². The Bertz CT molecular complexity index is 515. The highest BCUT2D eigenvalue weighted by Gasteiger charge is 2.16. The number of ether oxygens (including phenoxy) is 1. The minimum atomic E-state index is -3.46. The molecule has 0 aliphatic carbocycles. The number of halogens is 1. The number of rotatable bonds is 7. The number of aryl methyl sites for hydroxylation is 1.